The Morgan fingerprint density at radius 3 is 2.56 bits per heavy atom. The third-order valence-electron chi connectivity index (χ3n) is 2.44. The molecule has 0 saturated heterocycles. The van der Waals surface area contributed by atoms with Crippen LogP contribution >= 0.6 is 0 Å². The van der Waals surface area contributed by atoms with Gasteiger partial charge in [-0.2, -0.15) is 0 Å². The molecule has 0 aliphatic heterocycles. The molecule has 1 atom stereocenters. The van der Waals surface area contributed by atoms with Gasteiger partial charge >= 0.3 is 0 Å². The first-order valence-corrected chi connectivity index (χ1v) is 7.75. The summed E-state index contributed by atoms with van der Waals surface area (Å²) in [5, 5.41) is 2.92. The number of benzene rings is 1. The molecule has 1 aromatic carbocycles. The van der Waals surface area contributed by atoms with Gasteiger partial charge in [-0.3, -0.25) is 0 Å². The van der Waals surface area contributed by atoms with Crippen LogP contribution in [0.25, 0.3) is 0 Å². The van der Waals surface area contributed by atoms with Crippen LogP contribution in [0.5, 0.6) is 0 Å². The highest BCUT2D eigenvalue weighted by atomic mass is 32.2. The number of hydrogen-bond donors (Lipinski definition) is 1. The fourth-order valence-electron chi connectivity index (χ4n) is 1.66. The summed E-state index contributed by atoms with van der Waals surface area (Å²) in [5.74, 6) is -1.44. The first-order chi connectivity index (χ1) is 8.33. The standard InChI is InChI=1S/C12H17F2NO2S/c1-3-6-15-12(8-18(2,16)17)10-7-9(13)4-5-11(10)14/h4-5,7,12,15H,3,6,8H2,1-2H3. The van der Waals surface area contributed by atoms with Gasteiger partial charge in [0.2, 0.25) is 0 Å². The van der Waals surface area contributed by atoms with E-state index in [2.05, 4.69) is 5.32 Å². The second-order valence-corrected chi connectivity index (χ2v) is 6.45. The van der Waals surface area contributed by atoms with Crippen molar-refractivity contribution in [2.45, 2.75) is 19.4 Å². The van der Waals surface area contributed by atoms with Crippen LogP contribution in [-0.2, 0) is 9.84 Å². The van der Waals surface area contributed by atoms with E-state index >= 15 is 0 Å². The van der Waals surface area contributed by atoms with Crippen molar-refractivity contribution in [3.05, 3.63) is 35.4 Å². The van der Waals surface area contributed by atoms with E-state index in [1.807, 2.05) is 6.92 Å². The molecule has 0 aliphatic carbocycles. The highest BCUT2D eigenvalue weighted by Gasteiger charge is 2.20. The van der Waals surface area contributed by atoms with Gasteiger partial charge in [0.1, 0.15) is 21.5 Å². The van der Waals surface area contributed by atoms with Gasteiger partial charge in [-0.15, -0.1) is 0 Å². The minimum atomic E-state index is -3.28. The van der Waals surface area contributed by atoms with Crippen LogP contribution in [-0.4, -0.2) is 27.0 Å². The first-order valence-electron chi connectivity index (χ1n) is 5.69. The summed E-state index contributed by atoms with van der Waals surface area (Å²) < 4.78 is 49.4. The molecule has 1 rings (SSSR count). The molecule has 0 aliphatic rings. The Hall–Kier alpha value is -1.01. The maximum Gasteiger partial charge on any atom is 0.149 e. The van der Waals surface area contributed by atoms with E-state index in [0.29, 0.717) is 6.54 Å². The summed E-state index contributed by atoms with van der Waals surface area (Å²) in [6.45, 7) is 2.45. The zero-order valence-corrected chi connectivity index (χ0v) is 11.2. The van der Waals surface area contributed by atoms with Crippen LogP contribution in [0.2, 0.25) is 0 Å². The molecule has 0 fully saturated rings. The molecule has 0 amide bonds. The van der Waals surface area contributed by atoms with Crippen molar-refractivity contribution < 1.29 is 17.2 Å². The summed E-state index contributed by atoms with van der Waals surface area (Å²) in [6.07, 6.45) is 1.85. The Morgan fingerprint density at radius 2 is 2.00 bits per heavy atom. The summed E-state index contributed by atoms with van der Waals surface area (Å²) in [4.78, 5) is 0. The van der Waals surface area contributed by atoms with Gasteiger partial charge in [-0.1, -0.05) is 6.92 Å². The first kappa shape index (κ1) is 15.0. The molecule has 102 valence electrons. The van der Waals surface area contributed by atoms with Crippen LogP contribution in [0, 0.1) is 11.6 Å². The minimum absolute atomic E-state index is 0.0499. The minimum Gasteiger partial charge on any atom is -0.309 e. The van der Waals surface area contributed by atoms with Gasteiger partial charge < -0.3 is 5.32 Å². The molecule has 1 aromatic rings. The number of rotatable bonds is 6. The molecule has 18 heavy (non-hydrogen) atoms. The maximum absolute atomic E-state index is 13.6. The molecule has 1 N–H and O–H groups in total. The van der Waals surface area contributed by atoms with Crippen molar-refractivity contribution in [1.82, 2.24) is 5.32 Å². The molecular weight excluding hydrogens is 260 g/mol. The average Bonchev–Trinajstić information content (AvgIpc) is 2.26. The van der Waals surface area contributed by atoms with Gasteiger partial charge in [0.05, 0.1) is 5.75 Å². The lowest BCUT2D eigenvalue weighted by atomic mass is 10.1. The Labute approximate surface area is 106 Å². The lowest BCUT2D eigenvalue weighted by Crippen LogP contribution is -2.29. The zero-order chi connectivity index (χ0) is 13.8. The molecule has 3 nitrogen and oxygen atoms in total. The summed E-state index contributed by atoms with van der Waals surface area (Å²) >= 11 is 0. The smallest absolute Gasteiger partial charge is 0.149 e. The molecular formula is C12H17F2NO2S. The maximum atomic E-state index is 13.6. The van der Waals surface area contributed by atoms with Gasteiger partial charge in [0.25, 0.3) is 0 Å². The van der Waals surface area contributed by atoms with E-state index in [-0.39, 0.29) is 11.3 Å². The molecule has 0 spiro atoms. The second kappa shape index (κ2) is 6.24. The number of hydrogen-bond acceptors (Lipinski definition) is 3. The van der Waals surface area contributed by atoms with Crippen LogP contribution in [0.4, 0.5) is 8.78 Å². The SMILES string of the molecule is CCCNC(CS(C)(=O)=O)c1cc(F)ccc1F. The van der Waals surface area contributed by atoms with Crippen LogP contribution in [0.1, 0.15) is 24.9 Å². The largest absolute Gasteiger partial charge is 0.309 e. The van der Waals surface area contributed by atoms with Gasteiger partial charge in [0.15, 0.2) is 0 Å². The lowest BCUT2D eigenvalue weighted by molar-refractivity contribution is 0.512. The molecule has 0 aromatic heterocycles. The second-order valence-electron chi connectivity index (χ2n) is 4.26. The predicted octanol–water partition coefficient (Wildman–Crippen LogP) is 2.05. The molecule has 0 radical (unpaired) electrons. The fraction of sp³-hybridized carbons (Fsp3) is 0.500. The Morgan fingerprint density at radius 1 is 1.33 bits per heavy atom. The number of halogens is 2. The summed E-state index contributed by atoms with van der Waals surface area (Å²) in [6, 6.07) is 2.33. The highest BCUT2D eigenvalue weighted by molar-refractivity contribution is 7.90. The van der Waals surface area contributed by atoms with E-state index in [0.717, 1.165) is 30.9 Å². The topological polar surface area (TPSA) is 46.2 Å². The van der Waals surface area contributed by atoms with Crippen LogP contribution in [0.3, 0.4) is 0 Å². The quantitative estimate of drug-likeness (QED) is 0.865. The Bertz CT molecular complexity index is 503. The molecule has 0 saturated carbocycles. The van der Waals surface area contributed by atoms with Crippen molar-refractivity contribution in [2.24, 2.45) is 0 Å². The van der Waals surface area contributed by atoms with Crippen molar-refractivity contribution in [3.63, 3.8) is 0 Å². The summed E-state index contributed by atoms with van der Waals surface area (Å²) in [7, 11) is -3.28. The average molecular weight is 277 g/mol. The summed E-state index contributed by atoms with van der Waals surface area (Å²) in [5.41, 5.74) is 0.0499. The normalized spacial score (nSPS) is 13.6. The Balaban J connectivity index is 3.04. The number of sulfone groups is 1. The van der Waals surface area contributed by atoms with E-state index in [4.69, 9.17) is 0 Å². The van der Waals surface area contributed by atoms with Crippen LogP contribution < -0.4 is 5.32 Å². The fourth-order valence-corrected chi connectivity index (χ4v) is 2.56. The van der Waals surface area contributed by atoms with E-state index in [1.54, 1.807) is 0 Å². The monoisotopic (exact) mass is 277 g/mol. The molecule has 0 heterocycles. The molecule has 6 heteroatoms. The zero-order valence-electron chi connectivity index (χ0n) is 10.4. The van der Waals surface area contributed by atoms with Crippen LogP contribution in [0.15, 0.2) is 18.2 Å². The van der Waals surface area contributed by atoms with Gasteiger partial charge in [0, 0.05) is 17.9 Å². The van der Waals surface area contributed by atoms with Crippen molar-refractivity contribution in [3.8, 4) is 0 Å². The molecule has 0 bridgehead atoms. The third kappa shape index (κ3) is 4.70. The van der Waals surface area contributed by atoms with Gasteiger partial charge in [-0.05, 0) is 31.2 Å². The predicted molar refractivity (Wildman–Crippen MR) is 67.1 cm³/mol. The van der Waals surface area contributed by atoms with Gasteiger partial charge in [-0.25, -0.2) is 17.2 Å². The Kier molecular flexibility index (Phi) is 5.22. The lowest BCUT2D eigenvalue weighted by Gasteiger charge is -2.18. The van der Waals surface area contributed by atoms with Crippen molar-refractivity contribution in [1.29, 1.82) is 0 Å². The molecule has 1 unspecified atom stereocenters. The third-order valence-corrected chi connectivity index (χ3v) is 3.38. The van der Waals surface area contributed by atoms with E-state index < -0.39 is 27.5 Å². The van der Waals surface area contributed by atoms with Crippen molar-refractivity contribution in [2.75, 3.05) is 18.6 Å². The van der Waals surface area contributed by atoms with Crippen molar-refractivity contribution >= 4 is 9.84 Å². The van der Waals surface area contributed by atoms with E-state index in [1.165, 1.54) is 0 Å². The number of nitrogens with one attached hydrogen (secondary N) is 1. The van der Waals surface area contributed by atoms with E-state index in [9.17, 15) is 17.2 Å². The highest BCUT2D eigenvalue weighted by Crippen LogP contribution is 2.20.